The summed E-state index contributed by atoms with van der Waals surface area (Å²) in [6.45, 7) is 0. The van der Waals surface area contributed by atoms with Crippen molar-refractivity contribution in [3.63, 3.8) is 0 Å². The minimum absolute atomic E-state index is 0.405. The van der Waals surface area contributed by atoms with Gasteiger partial charge in [-0.1, -0.05) is 170 Å². The van der Waals surface area contributed by atoms with E-state index in [1.165, 1.54) is 50.1 Å². The maximum atomic E-state index is 5.32. The average molecular weight is 623 g/mol. The molecule has 0 radical (unpaired) electrons. The van der Waals surface area contributed by atoms with Gasteiger partial charge in [0.15, 0.2) is 5.82 Å². The van der Waals surface area contributed by atoms with Gasteiger partial charge >= 0.3 is 0 Å². The van der Waals surface area contributed by atoms with Crippen molar-refractivity contribution in [2.24, 2.45) is 0 Å². The van der Waals surface area contributed by atoms with Crippen LogP contribution in [0.25, 0.3) is 67.3 Å². The van der Waals surface area contributed by atoms with Crippen LogP contribution in [0.3, 0.4) is 0 Å². The standard InChI is InChI=1S/C47H30N2/c1-3-15-31(16-4-1)33-19-13-20-34(29-33)43-30-44(49-46(48-43)32-17-5-2-6-18-32)38-24-14-28-42-45(38)37-23-9-12-27-41(37)47(42)39-25-10-7-21-35(39)36-22-8-11-26-40(36)47/h1-30H. The highest BCUT2D eigenvalue weighted by Gasteiger charge is 2.52. The number of fused-ring (bicyclic) bond motifs is 10. The second-order valence-electron chi connectivity index (χ2n) is 12.9. The second-order valence-corrected chi connectivity index (χ2v) is 12.9. The van der Waals surface area contributed by atoms with E-state index in [1.54, 1.807) is 0 Å². The van der Waals surface area contributed by atoms with Gasteiger partial charge in [-0.15, -0.1) is 0 Å². The minimum Gasteiger partial charge on any atom is -0.228 e. The lowest BCUT2D eigenvalue weighted by atomic mass is 9.70. The van der Waals surface area contributed by atoms with E-state index in [4.69, 9.17) is 9.97 Å². The van der Waals surface area contributed by atoms with Crippen LogP contribution >= 0.6 is 0 Å². The van der Waals surface area contributed by atoms with Crippen molar-refractivity contribution in [3.8, 4) is 67.3 Å². The Bertz CT molecular complexity index is 2500. The Morgan fingerprint density at radius 3 is 1.47 bits per heavy atom. The fourth-order valence-electron chi connectivity index (χ4n) is 8.30. The first-order valence-electron chi connectivity index (χ1n) is 16.8. The Morgan fingerprint density at radius 1 is 0.306 bits per heavy atom. The number of aromatic nitrogens is 2. The maximum Gasteiger partial charge on any atom is 0.160 e. The van der Waals surface area contributed by atoms with Crippen LogP contribution in [0.4, 0.5) is 0 Å². The van der Waals surface area contributed by atoms with Crippen molar-refractivity contribution >= 4 is 0 Å². The number of benzene rings is 7. The molecule has 0 aliphatic heterocycles. The molecular weight excluding hydrogens is 593 g/mol. The summed E-state index contributed by atoms with van der Waals surface area (Å²) in [5, 5.41) is 0. The fourth-order valence-corrected chi connectivity index (χ4v) is 8.30. The smallest absolute Gasteiger partial charge is 0.160 e. The molecule has 8 aromatic rings. The van der Waals surface area contributed by atoms with E-state index in [9.17, 15) is 0 Å². The first kappa shape index (κ1) is 27.7. The molecule has 0 amide bonds. The predicted molar refractivity (Wildman–Crippen MR) is 200 cm³/mol. The van der Waals surface area contributed by atoms with Crippen molar-refractivity contribution in [2.45, 2.75) is 5.41 Å². The summed E-state index contributed by atoms with van der Waals surface area (Å²) >= 11 is 0. The molecular formula is C47H30N2. The zero-order chi connectivity index (χ0) is 32.4. The molecule has 2 aliphatic rings. The first-order valence-corrected chi connectivity index (χ1v) is 16.8. The molecule has 228 valence electrons. The van der Waals surface area contributed by atoms with Gasteiger partial charge in [0, 0.05) is 16.7 Å². The van der Waals surface area contributed by atoms with Crippen molar-refractivity contribution in [3.05, 3.63) is 204 Å². The molecule has 2 heteroatoms. The van der Waals surface area contributed by atoms with Crippen molar-refractivity contribution in [1.29, 1.82) is 0 Å². The molecule has 0 saturated carbocycles. The van der Waals surface area contributed by atoms with E-state index in [-0.39, 0.29) is 0 Å². The second kappa shape index (κ2) is 10.8. The monoisotopic (exact) mass is 622 g/mol. The Morgan fingerprint density at radius 2 is 0.776 bits per heavy atom. The molecule has 0 unspecified atom stereocenters. The summed E-state index contributed by atoms with van der Waals surface area (Å²) in [5.74, 6) is 0.716. The van der Waals surface area contributed by atoms with Gasteiger partial charge in [-0.25, -0.2) is 9.97 Å². The van der Waals surface area contributed by atoms with Gasteiger partial charge in [-0.05, 0) is 67.8 Å². The van der Waals surface area contributed by atoms with E-state index < -0.39 is 5.41 Å². The molecule has 2 aliphatic carbocycles. The third-order valence-electron chi connectivity index (χ3n) is 10.3. The summed E-state index contributed by atoms with van der Waals surface area (Å²) in [5.41, 5.74) is 17.3. The highest BCUT2D eigenvalue weighted by atomic mass is 14.9. The largest absolute Gasteiger partial charge is 0.228 e. The van der Waals surface area contributed by atoms with Gasteiger partial charge in [0.05, 0.1) is 16.8 Å². The summed E-state index contributed by atoms with van der Waals surface area (Å²) in [6.07, 6.45) is 0. The van der Waals surface area contributed by atoms with Crippen LogP contribution in [0.15, 0.2) is 182 Å². The van der Waals surface area contributed by atoms with Crippen LogP contribution in [0.2, 0.25) is 0 Å². The van der Waals surface area contributed by atoms with E-state index in [2.05, 4.69) is 176 Å². The SMILES string of the molecule is c1ccc(-c2cccc(-c3cc(-c4cccc5c4-c4ccccc4C54c5ccccc5-c5ccccc54)nc(-c4ccccc4)n3)c2)cc1. The van der Waals surface area contributed by atoms with Crippen LogP contribution in [-0.2, 0) is 5.41 Å². The van der Waals surface area contributed by atoms with E-state index in [1.807, 2.05) is 6.07 Å². The lowest BCUT2D eigenvalue weighted by Gasteiger charge is -2.30. The van der Waals surface area contributed by atoms with Crippen molar-refractivity contribution in [2.75, 3.05) is 0 Å². The zero-order valence-electron chi connectivity index (χ0n) is 26.7. The Labute approximate surface area is 286 Å². The third-order valence-corrected chi connectivity index (χ3v) is 10.3. The topological polar surface area (TPSA) is 25.8 Å². The molecule has 1 spiro atoms. The first-order chi connectivity index (χ1) is 24.3. The van der Waals surface area contributed by atoms with E-state index in [0.29, 0.717) is 5.82 Å². The number of hydrogen-bond acceptors (Lipinski definition) is 2. The lowest BCUT2D eigenvalue weighted by Crippen LogP contribution is -2.25. The third kappa shape index (κ3) is 4.07. The normalized spacial score (nSPS) is 13.1. The van der Waals surface area contributed by atoms with Gasteiger partial charge < -0.3 is 0 Å². The van der Waals surface area contributed by atoms with Crippen LogP contribution in [-0.4, -0.2) is 9.97 Å². The molecule has 0 bridgehead atoms. The Kier molecular flexibility index (Phi) is 6.13. The molecule has 7 aromatic carbocycles. The summed E-state index contributed by atoms with van der Waals surface area (Å²) < 4.78 is 0. The van der Waals surface area contributed by atoms with Crippen LogP contribution in [0.5, 0.6) is 0 Å². The molecule has 0 saturated heterocycles. The van der Waals surface area contributed by atoms with Gasteiger partial charge in [0.1, 0.15) is 0 Å². The van der Waals surface area contributed by atoms with Gasteiger partial charge in [0.25, 0.3) is 0 Å². The van der Waals surface area contributed by atoms with Crippen LogP contribution < -0.4 is 0 Å². The van der Waals surface area contributed by atoms with Gasteiger partial charge in [-0.2, -0.15) is 0 Å². The molecule has 0 atom stereocenters. The average Bonchev–Trinajstić information content (AvgIpc) is 3.66. The molecule has 0 fully saturated rings. The van der Waals surface area contributed by atoms with Crippen LogP contribution in [0.1, 0.15) is 22.3 Å². The van der Waals surface area contributed by atoms with Crippen molar-refractivity contribution < 1.29 is 0 Å². The highest BCUT2D eigenvalue weighted by Crippen LogP contribution is 2.63. The highest BCUT2D eigenvalue weighted by molar-refractivity contribution is 5.99. The Hall–Kier alpha value is -6.38. The lowest BCUT2D eigenvalue weighted by molar-refractivity contribution is 0.794. The molecule has 1 aromatic heterocycles. The molecule has 0 N–H and O–H groups in total. The van der Waals surface area contributed by atoms with E-state index in [0.717, 1.165) is 33.6 Å². The fraction of sp³-hybridized carbons (Fsp3) is 0.0213. The molecule has 49 heavy (non-hydrogen) atoms. The zero-order valence-corrected chi connectivity index (χ0v) is 26.7. The predicted octanol–water partition coefficient (Wildman–Crippen LogP) is 11.5. The van der Waals surface area contributed by atoms with Gasteiger partial charge in [0.2, 0.25) is 0 Å². The number of rotatable bonds is 4. The number of nitrogens with zero attached hydrogens (tertiary/aromatic N) is 2. The summed E-state index contributed by atoms with van der Waals surface area (Å²) in [7, 11) is 0. The maximum absolute atomic E-state index is 5.32. The van der Waals surface area contributed by atoms with E-state index >= 15 is 0 Å². The van der Waals surface area contributed by atoms with Gasteiger partial charge in [-0.3, -0.25) is 0 Å². The summed E-state index contributed by atoms with van der Waals surface area (Å²) in [4.78, 5) is 10.5. The quantitative estimate of drug-likeness (QED) is 0.195. The minimum atomic E-state index is -0.405. The molecule has 2 nitrogen and oxygen atoms in total. The van der Waals surface area contributed by atoms with Crippen LogP contribution in [0, 0.1) is 0 Å². The Balaban J connectivity index is 1.24. The molecule has 1 heterocycles. The number of hydrogen-bond donors (Lipinski definition) is 0. The summed E-state index contributed by atoms with van der Waals surface area (Å²) in [6, 6.07) is 65.4. The molecule has 10 rings (SSSR count). The van der Waals surface area contributed by atoms with Crippen molar-refractivity contribution in [1.82, 2.24) is 9.97 Å².